The minimum Gasteiger partial charge on any atom is -0.356 e. The summed E-state index contributed by atoms with van der Waals surface area (Å²) in [6.45, 7) is 5.28. The van der Waals surface area contributed by atoms with Gasteiger partial charge in [0.15, 0.2) is 5.78 Å². The van der Waals surface area contributed by atoms with E-state index in [9.17, 15) is 14.4 Å². The van der Waals surface area contributed by atoms with Gasteiger partial charge >= 0.3 is 0 Å². The van der Waals surface area contributed by atoms with E-state index in [1.165, 1.54) is 11.3 Å². The zero-order valence-corrected chi connectivity index (χ0v) is 16.1. The smallest absolute Gasteiger partial charge is 0.252 e. The number of allylic oxidation sites excluding steroid dienone is 2. The third-order valence-corrected chi connectivity index (χ3v) is 6.01. The molecule has 27 heavy (non-hydrogen) atoms. The molecule has 2 N–H and O–H groups in total. The van der Waals surface area contributed by atoms with Crippen LogP contribution in [0.3, 0.4) is 0 Å². The molecule has 2 aliphatic rings. The number of nitrogens with one attached hydrogen (secondary N) is 2. The molecule has 0 aromatic carbocycles. The molecule has 7 nitrogen and oxygen atoms in total. The number of H-pyrrole nitrogens is 1. The molecule has 0 unspecified atom stereocenters. The number of ketones is 1. The van der Waals surface area contributed by atoms with Crippen LogP contribution in [0.15, 0.2) is 17.5 Å². The average Bonchev–Trinajstić information content (AvgIpc) is 3.28. The van der Waals surface area contributed by atoms with Crippen LogP contribution >= 0.6 is 11.3 Å². The van der Waals surface area contributed by atoms with Crippen molar-refractivity contribution in [1.29, 1.82) is 0 Å². The van der Waals surface area contributed by atoms with E-state index in [0.29, 0.717) is 29.2 Å². The first-order chi connectivity index (χ1) is 12.9. The van der Waals surface area contributed by atoms with E-state index in [4.69, 9.17) is 0 Å². The Morgan fingerprint density at radius 3 is 2.41 bits per heavy atom. The maximum atomic E-state index is 12.6. The van der Waals surface area contributed by atoms with Crippen molar-refractivity contribution in [2.24, 2.45) is 11.8 Å². The number of imide groups is 1. The highest BCUT2D eigenvalue weighted by atomic mass is 32.1. The fourth-order valence-electron chi connectivity index (χ4n) is 3.98. The lowest BCUT2D eigenvalue weighted by molar-refractivity contribution is -0.138. The highest BCUT2D eigenvalue weighted by molar-refractivity contribution is 7.14. The zero-order chi connectivity index (χ0) is 19.3. The maximum absolute atomic E-state index is 12.6. The summed E-state index contributed by atoms with van der Waals surface area (Å²) in [5.41, 5.74) is 6.66. The number of fused-ring (bicyclic) bond motifs is 1. The lowest BCUT2D eigenvalue weighted by Crippen LogP contribution is -2.36. The van der Waals surface area contributed by atoms with Gasteiger partial charge in [0, 0.05) is 16.6 Å². The van der Waals surface area contributed by atoms with Gasteiger partial charge in [-0.15, -0.1) is 11.3 Å². The van der Waals surface area contributed by atoms with Crippen LogP contribution < -0.4 is 5.43 Å². The molecule has 0 spiro atoms. The Balaban J connectivity index is 1.58. The van der Waals surface area contributed by atoms with Crippen LogP contribution in [-0.4, -0.2) is 32.6 Å². The fourth-order valence-corrected chi connectivity index (χ4v) is 4.67. The minimum absolute atomic E-state index is 0.00514. The number of Topliss-reactive ketones (excluding diaryl/α,β-unsaturated/α-hetero) is 1. The number of hydrogen-bond donors (Lipinski definition) is 2. The summed E-state index contributed by atoms with van der Waals surface area (Å²) in [4.78, 5) is 44.6. The first kappa shape index (κ1) is 17.7. The normalized spacial score (nSPS) is 21.7. The molecule has 0 radical (unpaired) electrons. The number of aryl methyl sites for hydroxylation is 1. The van der Waals surface area contributed by atoms with Crippen molar-refractivity contribution < 1.29 is 14.4 Å². The van der Waals surface area contributed by atoms with E-state index in [1.54, 1.807) is 6.92 Å². The lowest BCUT2D eigenvalue weighted by atomic mass is 9.85. The van der Waals surface area contributed by atoms with Gasteiger partial charge in [-0.25, -0.2) is 4.98 Å². The van der Waals surface area contributed by atoms with Gasteiger partial charge in [0.1, 0.15) is 5.69 Å². The number of rotatable bonds is 4. The van der Waals surface area contributed by atoms with Crippen LogP contribution in [0.25, 0.3) is 11.4 Å². The number of carbonyl (C=O) groups excluding carboxylic acids is 3. The summed E-state index contributed by atoms with van der Waals surface area (Å²) in [5, 5.41) is 3.41. The number of carbonyl (C=O) groups is 3. The summed E-state index contributed by atoms with van der Waals surface area (Å²) in [6.07, 6.45) is 5.12. The van der Waals surface area contributed by atoms with Gasteiger partial charge in [-0.3, -0.25) is 19.8 Å². The van der Waals surface area contributed by atoms with Crippen molar-refractivity contribution >= 4 is 34.1 Å². The number of aromatic amines is 1. The number of aromatic nitrogens is 2. The van der Waals surface area contributed by atoms with E-state index in [2.05, 4.69) is 15.4 Å². The molecule has 2 aromatic rings. The Kier molecular flexibility index (Phi) is 4.22. The summed E-state index contributed by atoms with van der Waals surface area (Å²) in [5.74, 6) is -0.944. The van der Waals surface area contributed by atoms with Crippen molar-refractivity contribution in [1.82, 2.24) is 15.0 Å². The molecule has 140 valence electrons. The fraction of sp³-hybridized carbons (Fsp3) is 0.368. The second-order valence-electron chi connectivity index (χ2n) is 7.00. The molecule has 8 heteroatoms. The monoisotopic (exact) mass is 384 g/mol. The Bertz CT molecular complexity index is 961. The van der Waals surface area contributed by atoms with E-state index < -0.39 is 0 Å². The van der Waals surface area contributed by atoms with Gasteiger partial charge in [0.05, 0.1) is 17.5 Å². The predicted molar refractivity (Wildman–Crippen MR) is 102 cm³/mol. The largest absolute Gasteiger partial charge is 0.356 e. The van der Waals surface area contributed by atoms with Crippen molar-refractivity contribution in [3.63, 3.8) is 0 Å². The first-order valence-corrected chi connectivity index (χ1v) is 9.72. The molecule has 3 heterocycles. The molecule has 4 rings (SSSR count). The quantitative estimate of drug-likeness (QED) is 0.479. The Morgan fingerprint density at radius 2 is 1.85 bits per heavy atom. The highest BCUT2D eigenvalue weighted by Gasteiger charge is 2.47. The number of anilines is 1. The number of hydrogen-bond acceptors (Lipinski definition) is 6. The summed E-state index contributed by atoms with van der Waals surface area (Å²) < 4.78 is 0. The van der Waals surface area contributed by atoms with Gasteiger partial charge in [0.2, 0.25) is 5.13 Å². The van der Waals surface area contributed by atoms with E-state index in [-0.39, 0.29) is 29.4 Å². The second kappa shape index (κ2) is 6.45. The number of amides is 2. The van der Waals surface area contributed by atoms with Gasteiger partial charge in [-0.1, -0.05) is 12.2 Å². The van der Waals surface area contributed by atoms with E-state index in [1.807, 2.05) is 31.4 Å². The SMILES string of the molecule is CC(=O)c1c(C)[nH]c(-c2csc(NN3C(=O)[C@@H]4CC=CC[C@H]4C3=O)n2)c1C. The van der Waals surface area contributed by atoms with E-state index >= 15 is 0 Å². The third-order valence-electron chi connectivity index (χ3n) is 5.26. The Labute approximate surface area is 160 Å². The van der Waals surface area contributed by atoms with Crippen LogP contribution in [-0.2, 0) is 9.59 Å². The Morgan fingerprint density at radius 1 is 1.22 bits per heavy atom. The summed E-state index contributed by atoms with van der Waals surface area (Å²) in [6, 6.07) is 0. The van der Waals surface area contributed by atoms with Gasteiger partial charge < -0.3 is 4.98 Å². The molecule has 0 saturated carbocycles. The van der Waals surface area contributed by atoms with Gasteiger partial charge in [-0.2, -0.15) is 5.01 Å². The number of hydrazine groups is 1. The van der Waals surface area contributed by atoms with Crippen LogP contribution in [0.5, 0.6) is 0 Å². The molecule has 1 fully saturated rings. The number of nitrogens with zero attached hydrogens (tertiary/aromatic N) is 2. The highest BCUT2D eigenvalue weighted by Crippen LogP contribution is 2.36. The molecule has 0 bridgehead atoms. The molecule has 1 saturated heterocycles. The third kappa shape index (κ3) is 2.80. The lowest BCUT2D eigenvalue weighted by Gasteiger charge is -2.14. The predicted octanol–water partition coefficient (Wildman–Crippen LogP) is 3.24. The standard InChI is InChI=1S/C19H20N4O3S/c1-9-15(11(3)24)10(2)20-16(9)14-8-27-19(21-14)22-23-17(25)12-6-4-5-7-13(12)18(23)26/h4-5,8,12-13,20H,6-7H2,1-3H3,(H,21,22)/t12-,13-/m1/s1. The number of thiazole rings is 1. The van der Waals surface area contributed by atoms with Crippen molar-refractivity contribution in [3.8, 4) is 11.4 Å². The van der Waals surface area contributed by atoms with E-state index in [0.717, 1.165) is 22.0 Å². The molecule has 1 aliphatic heterocycles. The van der Waals surface area contributed by atoms with Crippen LogP contribution in [0, 0.1) is 25.7 Å². The van der Waals surface area contributed by atoms with Crippen molar-refractivity contribution in [3.05, 3.63) is 34.4 Å². The molecular formula is C19H20N4O3S. The summed E-state index contributed by atoms with van der Waals surface area (Å²) >= 11 is 1.31. The average molecular weight is 384 g/mol. The maximum Gasteiger partial charge on any atom is 0.252 e. The van der Waals surface area contributed by atoms with Crippen LogP contribution in [0.2, 0.25) is 0 Å². The molecule has 2 aromatic heterocycles. The van der Waals surface area contributed by atoms with Crippen LogP contribution in [0.1, 0.15) is 41.4 Å². The zero-order valence-electron chi connectivity index (χ0n) is 15.3. The topological polar surface area (TPSA) is 95.2 Å². The first-order valence-electron chi connectivity index (χ1n) is 8.84. The minimum atomic E-state index is -0.277. The molecule has 2 atom stereocenters. The molecule has 1 aliphatic carbocycles. The van der Waals surface area contributed by atoms with Crippen molar-refractivity contribution in [2.75, 3.05) is 5.43 Å². The second-order valence-corrected chi connectivity index (χ2v) is 7.86. The molecule has 2 amide bonds. The summed E-state index contributed by atoms with van der Waals surface area (Å²) in [7, 11) is 0. The van der Waals surface area contributed by atoms with Gasteiger partial charge in [-0.05, 0) is 39.2 Å². The Hall–Kier alpha value is -2.74. The van der Waals surface area contributed by atoms with Gasteiger partial charge in [0.25, 0.3) is 11.8 Å². The van der Waals surface area contributed by atoms with Crippen molar-refractivity contribution in [2.45, 2.75) is 33.6 Å². The van der Waals surface area contributed by atoms with Crippen LogP contribution in [0.4, 0.5) is 5.13 Å². The molecular weight excluding hydrogens is 364 g/mol.